The molecule has 0 atom stereocenters. The van der Waals surface area contributed by atoms with Crippen LogP contribution in [0.15, 0.2) is 46.6 Å². The van der Waals surface area contributed by atoms with Crippen LogP contribution in [0, 0.1) is 5.92 Å². The first kappa shape index (κ1) is 24.0. The first-order chi connectivity index (χ1) is 18.2. The minimum atomic E-state index is 0.289. The molecule has 0 aromatic carbocycles. The molecular weight excluding hydrogens is 488 g/mol. The molecule has 2 aliphatic rings. The van der Waals surface area contributed by atoms with Crippen molar-refractivity contribution in [2.24, 2.45) is 11.1 Å². The first-order valence-corrected chi connectivity index (χ1v) is 13.7. The molecule has 3 N–H and O–H groups in total. The van der Waals surface area contributed by atoms with Crippen molar-refractivity contribution in [3.63, 3.8) is 0 Å². The fourth-order valence-corrected chi connectivity index (χ4v) is 6.34. The number of nitrogens with one attached hydrogen (secondary N) is 2. The van der Waals surface area contributed by atoms with E-state index in [1.807, 2.05) is 24.5 Å². The Morgan fingerprint density at radius 2 is 1.73 bits per heavy atom. The van der Waals surface area contributed by atoms with E-state index in [1.54, 1.807) is 12.4 Å². The van der Waals surface area contributed by atoms with Crippen LogP contribution in [0.2, 0.25) is 5.02 Å². The number of fused-ring (bicyclic) bond motifs is 4. The molecule has 0 aliphatic heterocycles. The van der Waals surface area contributed by atoms with Gasteiger partial charge in [0.1, 0.15) is 5.65 Å². The maximum Gasteiger partial charge on any atom is 0.183 e. The molecule has 0 amide bonds. The van der Waals surface area contributed by atoms with Crippen LogP contribution in [0.3, 0.4) is 0 Å². The fraction of sp³-hybridized carbons (Fsp3) is 0.429. The molecule has 2 saturated carbocycles. The summed E-state index contributed by atoms with van der Waals surface area (Å²) in [4.78, 5) is 15.9. The maximum atomic E-state index is 9.45. The van der Waals surface area contributed by atoms with E-state index in [4.69, 9.17) is 16.1 Å². The molecule has 192 valence electrons. The van der Waals surface area contributed by atoms with Gasteiger partial charge in [-0.25, -0.2) is 20.1 Å². The normalized spacial score (nSPS) is 17.9. The molecule has 5 aromatic rings. The van der Waals surface area contributed by atoms with Gasteiger partial charge in [-0.15, -0.1) is 0 Å². The van der Waals surface area contributed by atoms with Gasteiger partial charge in [0.25, 0.3) is 0 Å². The van der Waals surface area contributed by atoms with E-state index in [9.17, 15) is 5.21 Å². The van der Waals surface area contributed by atoms with Crippen molar-refractivity contribution < 1.29 is 9.73 Å². The number of hydrogen-bond donors (Lipinski definition) is 3. The number of rotatable bonds is 3. The zero-order chi connectivity index (χ0) is 25.2. The molecule has 8 nitrogen and oxygen atoms in total. The molecule has 0 unspecified atom stereocenters. The van der Waals surface area contributed by atoms with Crippen LogP contribution >= 0.6 is 11.6 Å². The topological polar surface area (TPSA) is 116 Å². The van der Waals surface area contributed by atoms with E-state index in [2.05, 4.69) is 30.2 Å². The summed E-state index contributed by atoms with van der Waals surface area (Å²) in [7, 11) is 0. The van der Waals surface area contributed by atoms with E-state index in [0.717, 1.165) is 46.1 Å². The Balaban J connectivity index is 0.000000136. The highest BCUT2D eigenvalue weighted by Gasteiger charge is 2.25. The lowest BCUT2D eigenvalue weighted by molar-refractivity contribution is 0.310. The summed E-state index contributed by atoms with van der Waals surface area (Å²) in [6, 6.07) is 3.96. The van der Waals surface area contributed by atoms with Crippen molar-refractivity contribution >= 4 is 50.3 Å². The van der Waals surface area contributed by atoms with Gasteiger partial charge in [0.15, 0.2) is 11.2 Å². The number of aromatic nitrogens is 5. The highest BCUT2D eigenvalue weighted by molar-refractivity contribution is 6.36. The van der Waals surface area contributed by atoms with Crippen LogP contribution in [0.5, 0.6) is 0 Å². The lowest BCUT2D eigenvalue weighted by Gasteiger charge is -2.23. The Hall–Kier alpha value is -3.39. The summed E-state index contributed by atoms with van der Waals surface area (Å²) in [5, 5.41) is 19.9. The smallest absolute Gasteiger partial charge is 0.183 e. The summed E-state index contributed by atoms with van der Waals surface area (Å²) in [6.45, 7) is 0. The number of H-pyrrole nitrogens is 2. The Morgan fingerprint density at radius 1 is 0.946 bits per heavy atom. The van der Waals surface area contributed by atoms with Gasteiger partial charge in [-0.3, -0.25) is 0 Å². The van der Waals surface area contributed by atoms with Gasteiger partial charge in [0, 0.05) is 46.8 Å². The van der Waals surface area contributed by atoms with E-state index in [1.165, 1.54) is 62.4 Å². The zero-order valence-electron chi connectivity index (χ0n) is 20.7. The Morgan fingerprint density at radius 3 is 2.51 bits per heavy atom. The van der Waals surface area contributed by atoms with Gasteiger partial charge in [-0.1, -0.05) is 55.3 Å². The third-order valence-electron chi connectivity index (χ3n) is 7.95. The van der Waals surface area contributed by atoms with Gasteiger partial charge in [-0.05, 0) is 37.8 Å². The third kappa shape index (κ3) is 4.59. The second kappa shape index (κ2) is 10.5. The zero-order valence-corrected chi connectivity index (χ0v) is 21.5. The predicted octanol–water partition coefficient (Wildman–Crippen LogP) is 7.73. The number of aromatic amines is 2. The molecule has 7 rings (SSSR count). The minimum absolute atomic E-state index is 0.289. The van der Waals surface area contributed by atoms with Crippen molar-refractivity contribution in [2.75, 3.05) is 0 Å². The summed E-state index contributed by atoms with van der Waals surface area (Å²) in [5.41, 5.74) is 5.20. The van der Waals surface area contributed by atoms with Crippen molar-refractivity contribution in [3.8, 4) is 0 Å². The molecule has 5 aromatic heterocycles. The lowest BCUT2D eigenvalue weighted by atomic mass is 9.83. The van der Waals surface area contributed by atoms with Crippen LogP contribution < -0.4 is 0 Å². The minimum Gasteiger partial charge on any atom is -0.411 e. The molecule has 2 aliphatic carbocycles. The predicted molar refractivity (Wildman–Crippen MR) is 145 cm³/mol. The highest BCUT2D eigenvalue weighted by Crippen LogP contribution is 2.38. The Labute approximate surface area is 219 Å². The van der Waals surface area contributed by atoms with Crippen LogP contribution in [0.4, 0.5) is 0 Å². The van der Waals surface area contributed by atoms with Crippen molar-refractivity contribution in [2.45, 2.75) is 70.1 Å². The molecule has 0 spiro atoms. The maximum absolute atomic E-state index is 9.45. The molecule has 37 heavy (non-hydrogen) atoms. The van der Waals surface area contributed by atoms with E-state index in [-0.39, 0.29) is 5.92 Å². The molecule has 5 heterocycles. The Kier molecular flexibility index (Phi) is 6.83. The summed E-state index contributed by atoms with van der Waals surface area (Å²) >= 11 is 6.28. The number of oxime groups is 1. The van der Waals surface area contributed by atoms with Gasteiger partial charge in [0.05, 0.1) is 28.0 Å². The highest BCUT2D eigenvalue weighted by atomic mass is 35.5. The first-order valence-electron chi connectivity index (χ1n) is 13.3. The largest absolute Gasteiger partial charge is 0.411 e. The van der Waals surface area contributed by atoms with Crippen molar-refractivity contribution in [1.82, 2.24) is 25.1 Å². The summed E-state index contributed by atoms with van der Waals surface area (Å²) < 4.78 is 5.56. The van der Waals surface area contributed by atoms with Gasteiger partial charge in [-0.2, -0.15) is 0 Å². The molecule has 2 fully saturated rings. The SMILES string of the molecule is O/N=C(\c1c(Cl)cnc2[nH]ccc12)C1CCCCC1.c1cc2c(n1)ncc1o[nH]c(C3CCCCC3)c12. The Bertz CT molecular complexity index is 1540. The van der Waals surface area contributed by atoms with Crippen LogP contribution in [0.1, 0.15) is 81.4 Å². The van der Waals surface area contributed by atoms with Crippen LogP contribution in [-0.2, 0) is 0 Å². The quantitative estimate of drug-likeness (QED) is 0.128. The number of halogens is 1. The molecule has 9 heteroatoms. The van der Waals surface area contributed by atoms with Crippen molar-refractivity contribution in [3.05, 3.63) is 53.2 Å². The van der Waals surface area contributed by atoms with E-state index >= 15 is 0 Å². The second-order valence-corrected chi connectivity index (χ2v) is 10.6. The van der Waals surface area contributed by atoms with Crippen molar-refractivity contribution in [1.29, 1.82) is 0 Å². The molecular formula is C28H31ClN6O2. The monoisotopic (exact) mass is 518 g/mol. The van der Waals surface area contributed by atoms with Gasteiger partial charge >= 0.3 is 0 Å². The average molecular weight is 519 g/mol. The van der Waals surface area contributed by atoms with E-state index < -0.39 is 0 Å². The number of nitrogens with zero attached hydrogens (tertiary/aromatic N) is 4. The van der Waals surface area contributed by atoms with Crippen LogP contribution in [-0.4, -0.2) is 36.0 Å². The summed E-state index contributed by atoms with van der Waals surface area (Å²) in [6.07, 6.45) is 19.3. The number of hydrogen-bond acceptors (Lipinski definition) is 6. The second-order valence-electron chi connectivity index (χ2n) is 10.2. The molecule has 0 saturated heterocycles. The van der Waals surface area contributed by atoms with Crippen LogP contribution in [0.25, 0.3) is 33.0 Å². The number of pyridine rings is 2. The van der Waals surface area contributed by atoms with Gasteiger partial charge in [0.2, 0.25) is 0 Å². The van der Waals surface area contributed by atoms with Gasteiger partial charge < -0.3 is 14.7 Å². The third-order valence-corrected chi connectivity index (χ3v) is 8.24. The molecule has 0 radical (unpaired) electrons. The summed E-state index contributed by atoms with van der Waals surface area (Å²) in [5.74, 6) is 0.886. The lowest BCUT2D eigenvalue weighted by Crippen LogP contribution is -2.19. The van der Waals surface area contributed by atoms with E-state index in [0.29, 0.717) is 16.7 Å². The average Bonchev–Trinajstić information content (AvgIpc) is 3.71. The molecule has 0 bridgehead atoms. The standard InChI is InChI=1S/C14H16ClN3O.C14H15N3O/c15-11-8-17-14-10(6-7-16-14)12(11)13(18-19)9-4-2-1-3-5-9;1-2-4-9(5-3-1)13-12-10-6-7-15-14(10)16-8-11(12)18-17-13/h6-9,19H,1-5H2,(H,16,17);6-9,17H,1-5H2/b18-13-;. The fourth-order valence-electron chi connectivity index (χ4n) is 6.09.